The van der Waals surface area contributed by atoms with Gasteiger partial charge in [0, 0.05) is 29.4 Å². The van der Waals surface area contributed by atoms with Crippen LogP contribution in [0.25, 0.3) is 27.5 Å². The van der Waals surface area contributed by atoms with Gasteiger partial charge in [-0.15, -0.1) is 0 Å². The molecule has 0 saturated heterocycles. The van der Waals surface area contributed by atoms with E-state index in [1.807, 2.05) is 24.7 Å². The molecule has 0 aliphatic carbocycles. The van der Waals surface area contributed by atoms with Crippen molar-refractivity contribution in [1.82, 2.24) is 14.5 Å². The summed E-state index contributed by atoms with van der Waals surface area (Å²) in [6.07, 6.45) is 8.58. The smallest absolute Gasteiger partial charge is 0.0645 e. The molecule has 0 radical (unpaired) electrons. The summed E-state index contributed by atoms with van der Waals surface area (Å²) in [5.74, 6) is 0. The zero-order valence-electron chi connectivity index (χ0n) is 14.3. The lowest BCUT2D eigenvalue weighted by Gasteiger charge is -2.18. The van der Waals surface area contributed by atoms with Gasteiger partial charge in [0.05, 0.1) is 22.9 Å². The standard InChI is InChI=1S/C21H21N3/c1-21(2,3)12-15-6-7-19-17(11-15)18-14-23-10-8-20(18)24(19)16-5-4-9-22-13-16/h4-11,13-14H,12H2,1-3H3. The fourth-order valence-corrected chi connectivity index (χ4v) is 3.40. The number of hydrogen-bond donors (Lipinski definition) is 0. The lowest BCUT2D eigenvalue weighted by atomic mass is 9.88. The number of pyridine rings is 2. The van der Waals surface area contributed by atoms with Crippen LogP contribution in [-0.2, 0) is 6.42 Å². The van der Waals surface area contributed by atoms with Gasteiger partial charge in [-0.1, -0.05) is 26.8 Å². The first-order valence-electron chi connectivity index (χ1n) is 8.30. The third-order valence-electron chi connectivity index (χ3n) is 4.27. The Balaban J connectivity index is 2.02. The Labute approximate surface area is 142 Å². The maximum absolute atomic E-state index is 4.35. The van der Waals surface area contributed by atoms with Crippen LogP contribution in [0.3, 0.4) is 0 Å². The van der Waals surface area contributed by atoms with Gasteiger partial charge in [-0.2, -0.15) is 0 Å². The van der Waals surface area contributed by atoms with E-state index in [1.54, 1.807) is 6.20 Å². The molecule has 3 nitrogen and oxygen atoms in total. The van der Waals surface area contributed by atoms with Gasteiger partial charge < -0.3 is 4.57 Å². The first kappa shape index (κ1) is 14.9. The first-order valence-corrected chi connectivity index (χ1v) is 8.30. The highest BCUT2D eigenvalue weighted by Gasteiger charge is 2.15. The Bertz CT molecular complexity index is 1010. The van der Waals surface area contributed by atoms with Crippen LogP contribution >= 0.6 is 0 Å². The van der Waals surface area contributed by atoms with Gasteiger partial charge in [-0.25, -0.2) is 0 Å². The maximum atomic E-state index is 4.35. The maximum Gasteiger partial charge on any atom is 0.0645 e. The van der Waals surface area contributed by atoms with Crippen LogP contribution in [0.2, 0.25) is 0 Å². The Hall–Kier alpha value is -2.68. The lowest BCUT2D eigenvalue weighted by Crippen LogP contribution is -2.08. The van der Waals surface area contributed by atoms with E-state index in [0.717, 1.165) is 12.1 Å². The predicted molar refractivity (Wildman–Crippen MR) is 99.5 cm³/mol. The van der Waals surface area contributed by atoms with Crippen molar-refractivity contribution in [3.8, 4) is 5.69 Å². The second kappa shape index (κ2) is 5.45. The summed E-state index contributed by atoms with van der Waals surface area (Å²) >= 11 is 0. The van der Waals surface area contributed by atoms with Gasteiger partial charge >= 0.3 is 0 Å². The monoisotopic (exact) mass is 315 g/mol. The molecule has 120 valence electrons. The molecule has 0 aliphatic rings. The van der Waals surface area contributed by atoms with E-state index >= 15 is 0 Å². The van der Waals surface area contributed by atoms with Gasteiger partial charge in [0.15, 0.2) is 0 Å². The van der Waals surface area contributed by atoms with Crippen molar-refractivity contribution in [3.63, 3.8) is 0 Å². The average molecular weight is 315 g/mol. The summed E-state index contributed by atoms with van der Waals surface area (Å²) in [5.41, 5.74) is 5.08. The van der Waals surface area contributed by atoms with Crippen molar-refractivity contribution in [2.45, 2.75) is 27.2 Å². The quantitative estimate of drug-likeness (QED) is 0.511. The molecular formula is C21H21N3. The molecular weight excluding hydrogens is 294 g/mol. The van der Waals surface area contributed by atoms with E-state index in [4.69, 9.17) is 0 Å². The first-order chi connectivity index (χ1) is 11.5. The highest BCUT2D eigenvalue weighted by Crippen LogP contribution is 2.33. The second-order valence-corrected chi connectivity index (χ2v) is 7.53. The van der Waals surface area contributed by atoms with Crippen LogP contribution in [0.15, 0.2) is 61.2 Å². The third-order valence-corrected chi connectivity index (χ3v) is 4.27. The largest absolute Gasteiger partial charge is 0.308 e. The summed E-state index contributed by atoms with van der Waals surface area (Å²) in [4.78, 5) is 8.63. The van der Waals surface area contributed by atoms with Gasteiger partial charge in [0.2, 0.25) is 0 Å². The molecule has 0 bridgehead atoms. The summed E-state index contributed by atoms with van der Waals surface area (Å²) < 4.78 is 2.26. The van der Waals surface area contributed by atoms with Gasteiger partial charge in [0.25, 0.3) is 0 Å². The molecule has 0 aliphatic heterocycles. The Morgan fingerprint density at radius 3 is 2.42 bits per heavy atom. The number of rotatable bonds is 2. The molecule has 3 heterocycles. The van der Waals surface area contributed by atoms with Crippen LogP contribution in [0.5, 0.6) is 0 Å². The van der Waals surface area contributed by atoms with Crippen LogP contribution in [-0.4, -0.2) is 14.5 Å². The van der Waals surface area contributed by atoms with E-state index < -0.39 is 0 Å². The van der Waals surface area contributed by atoms with Crippen molar-refractivity contribution in [2.75, 3.05) is 0 Å². The van der Waals surface area contributed by atoms with Gasteiger partial charge in [0.1, 0.15) is 0 Å². The van der Waals surface area contributed by atoms with Gasteiger partial charge in [-0.3, -0.25) is 9.97 Å². The molecule has 4 aromatic rings. The van der Waals surface area contributed by atoms with E-state index in [9.17, 15) is 0 Å². The molecule has 0 spiro atoms. The summed E-state index contributed by atoms with van der Waals surface area (Å²) in [6.45, 7) is 6.83. The van der Waals surface area contributed by atoms with Crippen molar-refractivity contribution < 1.29 is 0 Å². The Morgan fingerprint density at radius 1 is 0.875 bits per heavy atom. The van der Waals surface area contributed by atoms with Crippen molar-refractivity contribution in [3.05, 3.63) is 66.7 Å². The molecule has 0 atom stereocenters. The van der Waals surface area contributed by atoms with Crippen molar-refractivity contribution in [2.24, 2.45) is 5.41 Å². The molecule has 3 heteroatoms. The zero-order chi connectivity index (χ0) is 16.7. The lowest BCUT2D eigenvalue weighted by molar-refractivity contribution is 0.411. The van der Waals surface area contributed by atoms with Crippen LogP contribution in [0.4, 0.5) is 0 Å². The number of benzene rings is 1. The topological polar surface area (TPSA) is 30.7 Å². The average Bonchev–Trinajstić information content (AvgIpc) is 2.88. The molecule has 4 rings (SSSR count). The normalized spacial score (nSPS) is 12.1. The molecule has 24 heavy (non-hydrogen) atoms. The zero-order valence-corrected chi connectivity index (χ0v) is 14.3. The fourth-order valence-electron chi connectivity index (χ4n) is 3.40. The molecule has 0 saturated carbocycles. The third kappa shape index (κ3) is 2.56. The Morgan fingerprint density at radius 2 is 1.67 bits per heavy atom. The molecule has 0 N–H and O–H groups in total. The molecule has 0 unspecified atom stereocenters. The number of hydrogen-bond acceptors (Lipinski definition) is 2. The molecule has 1 aromatic carbocycles. The van der Waals surface area contributed by atoms with E-state index in [1.165, 1.54) is 27.4 Å². The van der Waals surface area contributed by atoms with Crippen molar-refractivity contribution in [1.29, 1.82) is 0 Å². The Kier molecular flexibility index (Phi) is 3.38. The molecule has 0 fully saturated rings. The number of nitrogens with zero attached hydrogens (tertiary/aromatic N) is 3. The summed E-state index contributed by atoms with van der Waals surface area (Å²) in [7, 11) is 0. The van der Waals surface area contributed by atoms with Crippen LogP contribution in [0.1, 0.15) is 26.3 Å². The number of fused-ring (bicyclic) bond motifs is 3. The van der Waals surface area contributed by atoms with Crippen LogP contribution < -0.4 is 0 Å². The summed E-state index contributed by atoms with van der Waals surface area (Å²) in [6, 6.07) is 12.9. The van der Waals surface area contributed by atoms with E-state index in [0.29, 0.717) is 0 Å². The minimum Gasteiger partial charge on any atom is -0.308 e. The van der Waals surface area contributed by atoms with E-state index in [-0.39, 0.29) is 5.41 Å². The minimum absolute atomic E-state index is 0.271. The SMILES string of the molecule is CC(C)(C)Cc1ccc2c(c1)c1cnccc1n2-c1cccnc1. The molecule has 0 amide bonds. The van der Waals surface area contributed by atoms with Gasteiger partial charge in [-0.05, 0) is 47.7 Å². The highest BCUT2D eigenvalue weighted by atomic mass is 15.0. The minimum atomic E-state index is 0.271. The molecule has 3 aromatic heterocycles. The van der Waals surface area contributed by atoms with Crippen molar-refractivity contribution >= 4 is 21.8 Å². The van der Waals surface area contributed by atoms with Crippen LogP contribution in [0, 0.1) is 5.41 Å². The van der Waals surface area contributed by atoms with E-state index in [2.05, 4.69) is 65.6 Å². The summed E-state index contributed by atoms with van der Waals surface area (Å²) in [5, 5.41) is 2.44. The fraction of sp³-hybridized carbons (Fsp3) is 0.238. The highest BCUT2D eigenvalue weighted by molar-refractivity contribution is 6.09. The second-order valence-electron chi connectivity index (χ2n) is 7.53. The predicted octanol–water partition coefficient (Wildman–Crippen LogP) is 5.16. The number of aromatic nitrogens is 3.